The Balaban J connectivity index is 2.34. The molecule has 1 aliphatic carbocycles. The molecule has 0 saturated heterocycles. The summed E-state index contributed by atoms with van der Waals surface area (Å²) in [7, 11) is 0. The molecule has 2 aromatic rings. The van der Waals surface area contributed by atoms with Crippen LogP contribution >= 0.6 is 0 Å². The smallest absolute Gasteiger partial charge is 0.270 e. The molecule has 0 aliphatic heterocycles. The quantitative estimate of drug-likeness (QED) is 0.483. The lowest BCUT2D eigenvalue weighted by Crippen LogP contribution is -2.13. The third-order valence-electron chi connectivity index (χ3n) is 3.59. The summed E-state index contributed by atoms with van der Waals surface area (Å²) < 4.78 is 0. The fourth-order valence-electron chi connectivity index (χ4n) is 2.68. The highest BCUT2D eigenvalue weighted by Crippen LogP contribution is 2.34. The number of carbonyl (C=O) groups excluding carboxylic acids is 1. The molecule has 0 heterocycles. The van der Waals surface area contributed by atoms with Gasteiger partial charge in [-0.3, -0.25) is 14.9 Å². The van der Waals surface area contributed by atoms with E-state index < -0.39 is 4.92 Å². The van der Waals surface area contributed by atoms with E-state index in [1.807, 2.05) is 6.07 Å². The number of nitrogens with two attached hydrogens (primary N) is 1. The number of Topliss-reactive ketones (excluding diaryl/α,β-unsaturated/α-hetero) is 1. The molecule has 96 valence electrons. The molecular formula is C14H12N2O3. The first-order valence-electron chi connectivity index (χ1n) is 6.10. The number of ketones is 1. The maximum Gasteiger partial charge on any atom is 0.270 e. The SMILES string of the molecule is Nc1c2c(cc3ccc([N+](=O)[O-])cc13)CCCC2=O. The topological polar surface area (TPSA) is 86.2 Å². The van der Waals surface area contributed by atoms with Crippen molar-refractivity contribution in [3.05, 3.63) is 45.5 Å². The normalized spacial score (nSPS) is 14.4. The number of benzene rings is 2. The third-order valence-corrected chi connectivity index (χ3v) is 3.59. The van der Waals surface area contributed by atoms with Crippen LogP contribution in [-0.4, -0.2) is 10.7 Å². The summed E-state index contributed by atoms with van der Waals surface area (Å²) in [5, 5.41) is 12.2. The lowest BCUT2D eigenvalue weighted by molar-refractivity contribution is -0.384. The number of non-ortho nitro benzene ring substituents is 1. The lowest BCUT2D eigenvalue weighted by atomic mass is 9.87. The van der Waals surface area contributed by atoms with Crippen molar-refractivity contribution < 1.29 is 9.72 Å². The average molecular weight is 256 g/mol. The van der Waals surface area contributed by atoms with Gasteiger partial charge in [-0.25, -0.2) is 0 Å². The highest BCUT2D eigenvalue weighted by Gasteiger charge is 2.22. The van der Waals surface area contributed by atoms with Crippen LogP contribution < -0.4 is 5.73 Å². The van der Waals surface area contributed by atoms with Crippen LogP contribution in [0.25, 0.3) is 10.8 Å². The minimum atomic E-state index is -0.458. The van der Waals surface area contributed by atoms with Crippen LogP contribution in [0.2, 0.25) is 0 Å². The van der Waals surface area contributed by atoms with Crippen LogP contribution in [0.3, 0.4) is 0 Å². The zero-order valence-corrected chi connectivity index (χ0v) is 10.2. The molecular weight excluding hydrogens is 244 g/mol. The van der Waals surface area contributed by atoms with Crippen molar-refractivity contribution in [3.8, 4) is 0 Å². The van der Waals surface area contributed by atoms with Crippen molar-refractivity contribution in [2.45, 2.75) is 19.3 Å². The van der Waals surface area contributed by atoms with Crippen molar-refractivity contribution in [1.29, 1.82) is 0 Å². The monoisotopic (exact) mass is 256 g/mol. The Kier molecular flexibility index (Phi) is 2.48. The number of aryl methyl sites for hydroxylation is 1. The lowest BCUT2D eigenvalue weighted by Gasteiger charge is -2.18. The molecule has 5 heteroatoms. The second-order valence-corrected chi connectivity index (χ2v) is 4.76. The van der Waals surface area contributed by atoms with E-state index in [9.17, 15) is 14.9 Å². The molecule has 5 nitrogen and oxygen atoms in total. The van der Waals surface area contributed by atoms with Gasteiger partial charge in [-0.1, -0.05) is 6.07 Å². The van der Waals surface area contributed by atoms with E-state index in [0.717, 1.165) is 23.8 Å². The summed E-state index contributed by atoms with van der Waals surface area (Å²) >= 11 is 0. The first kappa shape index (κ1) is 11.6. The van der Waals surface area contributed by atoms with Gasteiger partial charge in [0.1, 0.15) is 0 Å². The van der Waals surface area contributed by atoms with Crippen LogP contribution in [0.15, 0.2) is 24.3 Å². The first-order chi connectivity index (χ1) is 9.08. The Morgan fingerprint density at radius 2 is 2.00 bits per heavy atom. The van der Waals surface area contributed by atoms with E-state index in [1.165, 1.54) is 12.1 Å². The number of nitro benzene ring substituents is 1. The Morgan fingerprint density at radius 1 is 1.21 bits per heavy atom. The van der Waals surface area contributed by atoms with Crippen LogP contribution in [0.1, 0.15) is 28.8 Å². The Hall–Kier alpha value is -2.43. The Bertz CT molecular complexity index is 722. The third kappa shape index (κ3) is 1.74. The molecule has 1 aliphatic rings. The van der Waals surface area contributed by atoms with E-state index in [4.69, 9.17) is 5.73 Å². The second kappa shape index (κ2) is 4.05. The van der Waals surface area contributed by atoms with Crippen molar-refractivity contribution in [1.82, 2.24) is 0 Å². The molecule has 0 spiro atoms. The van der Waals surface area contributed by atoms with Gasteiger partial charge in [0.05, 0.1) is 10.6 Å². The summed E-state index contributed by atoms with van der Waals surface area (Å²) in [6.07, 6.45) is 2.17. The van der Waals surface area contributed by atoms with Gasteiger partial charge in [0.15, 0.2) is 5.78 Å². The van der Waals surface area contributed by atoms with Crippen LogP contribution in [0, 0.1) is 10.1 Å². The molecule has 0 atom stereocenters. The Morgan fingerprint density at radius 3 is 2.74 bits per heavy atom. The summed E-state index contributed by atoms with van der Waals surface area (Å²) in [5.41, 5.74) is 7.93. The molecule has 2 N–H and O–H groups in total. The number of carbonyl (C=O) groups is 1. The molecule has 0 radical (unpaired) electrons. The van der Waals surface area contributed by atoms with Crippen molar-refractivity contribution in [3.63, 3.8) is 0 Å². The van der Waals surface area contributed by atoms with Crippen molar-refractivity contribution >= 4 is 27.9 Å². The highest BCUT2D eigenvalue weighted by atomic mass is 16.6. The molecule has 2 aromatic carbocycles. The molecule has 0 fully saturated rings. The van der Waals surface area contributed by atoms with Gasteiger partial charge in [-0.2, -0.15) is 0 Å². The van der Waals surface area contributed by atoms with E-state index in [-0.39, 0.29) is 11.5 Å². The number of hydrogen-bond acceptors (Lipinski definition) is 4. The predicted molar refractivity (Wildman–Crippen MR) is 72.3 cm³/mol. The predicted octanol–water partition coefficient (Wildman–Crippen LogP) is 2.85. The number of rotatable bonds is 1. The molecule has 0 unspecified atom stereocenters. The van der Waals surface area contributed by atoms with Gasteiger partial charge in [0.2, 0.25) is 0 Å². The Labute approximate surface area is 109 Å². The number of fused-ring (bicyclic) bond motifs is 2. The fraction of sp³-hybridized carbons (Fsp3) is 0.214. The van der Waals surface area contributed by atoms with Crippen LogP contribution in [0.4, 0.5) is 11.4 Å². The molecule has 0 saturated carbocycles. The highest BCUT2D eigenvalue weighted by molar-refractivity contribution is 6.10. The summed E-state index contributed by atoms with van der Waals surface area (Å²) in [5.74, 6) is 0.0344. The summed E-state index contributed by atoms with van der Waals surface area (Å²) in [6, 6.07) is 6.50. The molecule has 0 aromatic heterocycles. The van der Waals surface area contributed by atoms with Gasteiger partial charge in [-0.05, 0) is 29.9 Å². The zero-order valence-electron chi connectivity index (χ0n) is 10.2. The van der Waals surface area contributed by atoms with Gasteiger partial charge < -0.3 is 5.73 Å². The van der Waals surface area contributed by atoms with Gasteiger partial charge >= 0.3 is 0 Å². The summed E-state index contributed by atoms with van der Waals surface area (Å²) in [4.78, 5) is 22.3. The van der Waals surface area contributed by atoms with E-state index in [1.54, 1.807) is 6.07 Å². The standard InChI is InChI=1S/C14H12N2O3/c15-14-11-7-10(16(18)19)5-4-8(11)6-9-2-1-3-12(17)13(9)14/h4-7H,1-3,15H2. The minimum absolute atomic E-state index is 0.0117. The van der Waals surface area contributed by atoms with Crippen LogP contribution in [0.5, 0.6) is 0 Å². The number of nitro groups is 1. The molecule has 0 bridgehead atoms. The van der Waals surface area contributed by atoms with Crippen molar-refractivity contribution in [2.75, 3.05) is 5.73 Å². The average Bonchev–Trinajstić information content (AvgIpc) is 2.38. The van der Waals surface area contributed by atoms with Crippen molar-refractivity contribution in [2.24, 2.45) is 0 Å². The van der Waals surface area contributed by atoms with Gasteiger partial charge in [-0.15, -0.1) is 0 Å². The van der Waals surface area contributed by atoms with Gasteiger partial charge in [0.25, 0.3) is 5.69 Å². The molecule has 19 heavy (non-hydrogen) atoms. The van der Waals surface area contributed by atoms with Gasteiger partial charge in [0, 0.05) is 29.5 Å². The van der Waals surface area contributed by atoms with E-state index in [2.05, 4.69) is 0 Å². The number of nitrogens with zero attached hydrogens (tertiary/aromatic N) is 1. The zero-order chi connectivity index (χ0) is 13.6. The molecule has 3 rings (SSSR count). The largest absolute Gasteiger partial charge is 0.398 e. The number of hydrogen-bond donors (Lipinski definition) is 1. The van der Waals surface area contributed by atoms with E-state index >= 15 is 0 Å². The second-order valence-electron chi connectivity index (χ2n) is 4.76. The maximum absolute atomic E-state index is 12.0. The fourth-order valence-corrected chi connectivity index (χ4v) is 2.68. The van der Waals surface area contributed by atoms with Crippen LogP contribution in [-0.2, 0) is 6.42 Å². The molecule has 0 amide bonds. The van der Waals surface area contributed by atoms with E-state index in [0.29, 0.717) is 23.1 Å². The maximum atomic E-state index is 12.0. The minimum Gasteiger partial charge on any atom is -0.398 e. The number of nitrogen functional groups attached to an aromatic ring is 1. The first-order valence-corrected chi connectivity index (χ1v) is 6.10. The number of anilines is 1. The summed E-state index contributed by atoms with van der Waals surface area (Å²) in [6.45, 7) is 0.